The first-order valence-corrected chi connectivity index (χ1v) is 9.08. The third kappa shape index (κ3) is 5.24. The van der Waals surface area contributed by atoms with Crippen molar-refractivity contribution >= 4 is 41.3 Å². The molecule has 2 N–H and O–H groups in total. The molecule has 142 valence electrons. The van der Waals surface area contributed by atoms with E-state index in [0.29, 0.717) is 19.4 Å². The van der Waals surface area contributed by atoms with Crippen molar-refractivity contribution in [2.45, 2.75) is 12.6 Å². The molecule has 0 saturated heterocycles. The van der Waals surface area contributed by atoms with Gasteiger partial charge in [-0.1, -0.05) is 12.1 Å². The third-order valence-electron chi connectivity index (χ3n) is 4.08. The second kappa shape index (κ2) is 9.98. The minimum Gasteiger partial charge on any atom is -0.454 e. The number of fused-ring (bicyclic) bond motifs is 1. The van der Waals surface area contributed by atoms with E-state index >= 15 is 0 Å². The molecular weight excluding hydrogens is 463 g/mol. The number of halogens is 1. The summed E-state index contributed by atoms with van der Waals surface area (Å²) in [7, 11) is 5.97. The Bertz CT molecular complexity index is 722. The van der Waals surface area contributed by atoms with Gasteiger partial charge in [-0.3, -0.25) is 4.99 Å². The maximum absolute atomic E-state index is 5.42. The standard InChI is InChI=1S/C18H24N4O2S.HI/c1-19-18(21-11-14(22(2)3)17-5-4-8-25-17)20-10-13-6-7-15-16(9-13)24-12-23-15;/h4-9,14H,10-12H2,1-3H3,(H2,19,20,21);1H. The van der Waals surface area contributed by atoms with Crippen LogP contribution in [0.3, 0.4) is 0 Å². The average Bonchev–Trinajstić information content (AvgIpc) is 3.28. The Balaban J connectivity index is 0.00000243. The highest BCUT2D eigenvalue weighted by Gasteiger charge is 2.16. The Labute approximate surface area is 175 Å². The van der Waals surface area contributed by atoms with Crippen molar-refractivity contribution < 1.29 is 9.47 Å². The Hall–Kier alpha value is -1.52. The van der Waals surface area contributed by atoms with E-state index in [1.807, 2.05) is 18.2 Å². The van der Waals surface area contributed by atoms with Crippen LogP contribution in [-0.4, -0.2) is 45.3 Å². The lowest BCUT2D eigenvalue weighted by Gasteiger charge is -2.24. The predicted octanol–water partition coefficient (Wildman–Crippen LogP) is 3.06. The van der Waals surface area contributed by atoms with Gasteiger partial charge >= 0.3 is 0 Å². The Morgan fingerprint density at radius 1 is 1.23 bits per heavy atom. The van der Waals surface area contributed by atoms with E-state index in [1.165, 1.54) is 4.88 Å². The summed E-state index contributed by atoms with van der Waals surface area (Å²) in [5, 5.41) is 8.86. The number of rotatable bonds is 6. The first kappa shape index (κ1) is 20.8. The van der Waals surface area contributed by atoms with Crippen molar-refractivity contribution in [3.8, 4) is 11.5 Å². The molecule has 1 aliphatic heterocycles. The fraction of sp³-hybridized carbons (Fsp3) is 0.389. The molecule has 1 aliphatic rings. The van der Waals surface area contributed by atoms with E-state index in [9.17, 15) is 0 Å². The van der Waals surface area contributed by atoms with Gasteiger partial charge in [0, 0.05) is 25.0 Å². The van der Waals surface area contributed by atoms with Crippen LogP contribution in [0.2, 0.25) is 0 Å². The van der Waals surface area contributed by atoms with Crippen LogP contribution in [0.25, 0.3) is 0 Å². The number of aliphatic imine (C=N–C) groups is 1. The summed E-state index contributed by atoms with van der Waals surface area (Å²) in [6.45, 7) is 1.75. The second-order valence-corrected chi connectivity index (χ2v) is 6.97. The summed E-state index contributed by atoms with van der Waals surface area (Å²) in [6, 6.07) is 10.5. The third-order valence-corrected chi connectivity index (χ3v) is 5.05. The van der Waals surface area contributed by atoms with E-state index in [1.54, 1.807) is 18.4 Å². The van der Waals surface area contributed by atoms with E-state index in [4.69, 9.17) is 9.47 Å². The molecule has 1 aromatic carbocycles. The van der Waals surface area contributed by atoms with Crippen LogP contribution < -0.4 is 20.1 Å². The number of ether oxygens (including phenoxy) is 2. The molecular formula is C18H25IN4O2S. The molecule has 0 spiro atoms. The lowest BCUT2D eigenvalue weighted by atomic mass is 10.2. The molecule has 2 heterocycles. The molecule has 0 aliphatic carbocycles. The SMILES string of the molecule is CN=C(NCc1ccc2c(c1)OCO2)NCC(c1cccs1)N(C)C.I. The highest BCUT2D eigenvalue weighted by atomic mass is 127. The normalized spacial score (nSPS) is 14.1. The Morgan fingerprint density at radius 2 is 2.04 bits per heavy atom. The highest BCUT2D eigenvalue weighted by Crippen LogP contribution is 2.32. The van der Waals surface area contributed by atoms with Gasteiger partial charge in [-0.15, -0.1) is 35.3 Å². The van der Waals surface area contributed by atoms with Crippen molar-refractivity contribution in [2.75, 3.05) is 34.5 Å². The number of hydrogen-bond acceptors (Lipinski definition) is 5. The highest BCUT2D eigenvalue weighted by molar-refractivity contribution is 14.0. The maximum Gasteiger partial charge on any atom is 0.231 e. The maximum atomic E-state index is 5.42. The van der Waals surface area contributed by atoms with Crippen LogP contribution in [0.4, 0.5) is 0 Å². The van der Waals surface area contributed by atoms with Crippen molar-refractivity contribution in [3.63, 3.8) is 0 Å². The Morgan fingerprint density at radius 3 is 2.73 bits per heavy atom. The van der Waals surface area contributed by atoms with Crippen molar-refractivity contribution in [2.24, 2.45) is 4.99 Å². The van der Waals surface area contributed by atoms with Gasteiger partial charge < -0.3 is 25.0 Å². The van der Waals surface area contributed by atoms with E-state index < -0.39 is 0 Å². The summed E-state index contributed by atoms with van der Waals surface area (Å²) in [4.78, 5) is 7.86. The van der Waals surface area contributed by atoms with Crippen LogP contribution in [0.1, 0.15) is 16.5 Å². The smallest absolute Gasteiger partial charge is 0.231 e. The molecule has 26 heavy (non-hydrogen) atoms. The summed E-state index contributed by atoms with van der Waals surface area (Å²) >= 11 is 1.77. The number of thiophene rings is 1. The van der Waals surface area contributed by atoms with E-state index in [2.05, 4.69) is 52.1 Å². The number of guanidine groups is 1. The van der Waals surface area contributed by atoms with Crippen LogP contribution in [0, 0.1) is 0 Å². The minimum absolute atomic E-state index is 0. The van der Waals surface area contributed by atoms with Gasteiger partial charge in [0.2, 0.25) is 6.79 Å². The largest absolute Gasteiger partial charge is 0.454 e. The molecule has 8 heteroatoms. The van der Waals surface area contributed by atoms with Gasteiger partial charge in [0.15, 0.2) is 17.5 Å². The van der Waals surface area contributed by atoms with Gasteiger partial charge in [0.05, 0.1) is 6.04 Å². The van der Waals surface area contributed by atoms with Crippen LogP contribution in [0.5, 0.6) is 11.5 Å². The first-order chi connectivity index (χ1) is 12.2. The second-order valence-electron chi connectivity index (χ2n) is 5.99. The van der Waals surface area contributed by atoms with Crippen molar-refractivity contribution in [1.29, 1.82) is 0 Å². The molecule has 6 nitrogen and oxygen atoms in total. The van der Waals surface area contributed by atoms with Crippen molar-refractivity contribution in [3.05, 3.63) is 46.2 Å². The Kier molecular flexibility index (Phi) is 7.98. The van der Waals surface area contributed by atoms with Crippen LogP contribution in [-0.2, 0) is 6.54 Å². The average molecular weight is 488 g/mol. The molecule has 3 rings (SSSR count). The van der Waals surface area contributed by atoms with E-state index in [0.717, 1.165) is 29.6 Å². The number of hydrogen-bond donors (Lipinski definition) is 2. The number of nitrogens with one attached hydrogen (secondary N) is 2. The summed E-state index contributed by atoms with van der Waals surface area (Å²) < 4.78 is 10.8. The fourth-order valence-electron chi connectivity index (χ4n) is 2.67. The summed E-state index contributed by atoms with van der Waals surface area (Å²) in [5.74, 6) is 2.38. The van der Waals surface area contributed by atoms with Gasteiger partial charge in [-0.05, 0) is 43.2 Å². The zero-order valence-corrected chi connectivity index (χ0v) is 18.3. The molecule has 0 saturated carbocycles. The topological polar surface area (TPSA) is 58.1 Å². The van der Waals surface area contributed by atoms with Crippen molar-refractivity contribution in [1.82, 2.24) is 15.5 Å². The fourth-order valence-corrected chi connectivity index (χ4v) is 3.59. The molecule has 0 amide bonds. The molecule has 1 aromatic heterocycles. The zero-order valence-electron chi connectivity index (χ0n) is 15.2. The number of benzene rings is 1. The predicted molar refractivity (Wildman–Crippen MR) is 117 cm³/mol. The van der Waals surface area contributed by atoms with Gasteiger partial charge in [-0.25, -0.2) is 0 Å². The lowest BCUT2D eigenvalue weighted by Crippen LogP contribution is -2.41. The van der Waals surface area contributed by atoms with E-state index in [-0.39, 0.29) is 24.0 Å². The lowest BCUT2D eigenvalue weighted by molar-refractivity contribution is 0.174. The summed E-state index contributed by atoms with van der Waals surface area (Å²) in [5.41, 5.74) is 1.12. The molecule has 0 fully saturated rings. The number of nitrogens with zero attached hydrogens (tertiary/aromatic N) is 2. The molecule has 0 radical (unpaired) electrons. The van der Waals surface area contributed by atoms with Gasteiger partial charge in [0.1, 0.15) is 0 Å². The van der Waals surface area contributed by atoms with Crippen LogP contribution >= 0.6 is 35.3 Å². The zero-order chi connectivity index (χ0) is 17.6. The number of likely N-dealkylation sites (N-methyl/N-ethyl adjacent to an activating group) is 1. The molecule has 0 bridgehead atoms. The van der Waals surface area contributed by atoms with Gasteiger partial charge in [-0.2, -0.15) is 0 Å². The molecule has 1 atom stereocenters. The molecule has 1 unspecified atom stereocenters. The minimum atomic E-state index is 0. The van der Waals surface area contributed by atoms with Gasteiger partial charge in [0.25, 0.3) is 0 Å². The molecule has 2 aromatic rings. The monoisotopic (exact) mass is 488 g/mol. The quantitative estimate of drug-likeness (QED) is 0.372. The summed E-state index contributed by atoms with van der Waals surface area (Å²) in [6.07, 6.45) is 0. The van der Waals surface area contributed by atoms with Crippen LogP contribution in [0.15, 0.2) is 40.7 Å². The first-order valence-electron chi connectivity index (χ1n) is 8.20.